The second-order valence-electron chi connectivity index (χ2n) is 6.21. The van der Waals surface area contributed by atoms with Crippen LogP contribution in [0.3, 0.4) is 0 Å². The lowest BCUT2D eigenvalue weighted by Crippen LogP contribution is -2.26. The van der Waals surface area contributed by atoms with Crippen LogP contribution in [0.5, 0.6) is 11.5 Å². The highest BCUT2D eigenvalue weighted by molar-refractivity contribution is 5.91. The lowest BCUT2D eigenvalue weighted by molar-refractivity contribution is 0.0923. The summed E-state index contributed by atoms with van der Waals surface area (Å²) in [5.74, 6) is -0.385. The molecule has 0 aliphatic carbocycles. The van der Waals surface area contributed by atoms with Gasteiger partial charge in [-0.3, -0.25) is 9.59 Å². The average molecular weight is 397 g/mol. The highest BCUT2D eigenvalue weighted by Crippen LogP contribution is 2.13. The maximum atomic E-state index is 13.6. The van der Waals surface area contributed by atoms with Gasteiger partial charge in [-0.25, -0.2) is 4.39 Å². The van der Waals surface area contributed by atoms with Crippen molar-refractivity contribution in [2.45, 2.75) is 13.0 Å². The van der Waals surface area contributed by atoms with Crippen molar-refractivity contribution in [1.82, 2.24) is 5.32 Å². The van der Waals surface area contributed by atoms with Gasteiger partial charge in [-0.05, 0) is 30.2 Å². The minimum atomic E-state index is -0.520. The summed E-state index contributed by atoms with van der Waals surface area (Å²) in [6, 6.07) is 14.7. The molecule has 3 aromatic rings. The van der Waals surface area contributed by atoms with E-state index in [0.29, 0.717) is 18.5 Å². The monoisotopic (exact) mass is 397 g/mol. The van der Waals surface area contributed by atoms with Crippen LogP contribution >= 0.6 is 0 Å². The zero-order valence-corrected chi connectivity index (χ0v) is 15.8. The van der Waals surface area contributed by atoms with Gasteiger partial charge in [0.1, 0.15) is 24.4 Å². The molecular formula is C22H20FNO5. The van der Waals surface area contributed by atoms with E-state index >= 15 is 0 Å². The van der Waals surface area contributed by atoms with Crippen LogP contribution in [0, 0.1) is 5.82 Å². The van der Waals surface area contributed by atoms with Gasteiger partial charge in [-0.1, -0.05) is 30.3 Å². The van der Waals surface area contributed by atoms with Crippen molar-refractivity contribution in [3.05, 3.63) is 93.8 Å². The third-order valence-corrected chi connectivity index (χ3v) is 4.22. The van der Waals surface area contributed by atoms with E-state index in [2.05, 4.69) is 5.32 Å². The molecule has 0 unspecified atom stereocenters. The fourth-order valence-electron chi connectivity index (χ4n) is 2.59. The summed E-state index contributed by atoms with van der Waals surface area (Å²) >= 11 is 0. The van der Waals surface area contributed by atoms with Crippen molar-refractivity contribution >= 4 is 5.91 Å². The summed E-state index contributed by atoms with van der Waals surface area (Å²) in [7, 11) is 1.60. The first-order valence-electron chi connectivity index (χ1n) is 8.97. The van der Waals surface area contributed by atoms with Crippen molar-refractivity contribution in [1.29, 1.82) is 0 Å². The Bertz CT molecular complexity index is 1030. The minimum Gasteiger partial charge on any atom is -0.497 e. The summed E-state index contributed by atoms with van der Waals surface area (Å²) < 4.78 is 29.2. The van der Waals surface area contributed by atoms with Gasteiger partial charge < -0.3 is 19.2 Å². The van der Waals surface area contributed by atoms with E-state index in [4.69, 9.17) is 13.9 Å². The topological polar surface area (TPSA) is 77.8 Å². The standard InChI is InChI=1S/C22H20FNO5/c1-27-17-8-6-15(7-9-17)10-11-24-22(26)20-12-19(25)21(14-29-20)28-13-16-4-2-3-5-18(16)23/h2-9,12,14H,10-11,13H2,1H3,(H,24,26). The first-order valence-corrected chi connectivity index (χ1v) is 8.97. The Hall–Kier alpha value is -3.61. The van der Waals surface area contributed by atoms with Crippen LogP contribution in [0.1, 0.15) is 21.7 Å². The largest absolute Gasteiger partial charge is 0.497 e. The van der Waals surface area contributed by atoms with E-state index in [1.54, 1.807) is 25.3 Å². The lowest BCUT2D eigenvalue weighted by Gasteiger charge is -2.08. The molecule has 29 heavy (non-hydrogen) atoms. The van der Waals surface area contributed by atoms with Crippen LogP contribution in [0.15, 0.2) is 70.1 Å². The van der Waals surface area contributed by atoms with Gasteiger partial charge in [0, 0.05) is 18.2 Å². The summed E-state index contributed by atoms with van der Waals surface area (Å²) in [6.07, 6.45) is 1.67. The molecule has 150 valence electrons. The van der Waals surface area contributed by atoms with Gasteiger partial charge in [0.05, 0.1) is 7.11 Å². The van der Waals surface area contributed by atoms with Crippen molar-refractivity contribution < 1.29 is 23.1 Å². The van der Waals surface area contributed by atoms with E-state index in [9.17, 15) is 14.0 Å². The van der Waals surface area contributed by atoms with Gasteiger partial charge in [-0.2, -0.15) is 0 Å². The van der Waals surface area contributed by atoms with E-state index < -0.39 is 17.2 Å². The maximum absolute atomic E-state index is 13.6. The van der Waals surface area contributed by atoms with Gasteiger partial charge in [0.25, 0.3) is 5.91 Å². The number of carbonyl (C=O) groups excluding carboxylic acids is 1. The van der Waals surface area contributed by atoms with Crippen LogP contribution in [-0.2, 0) is 13.0 Å². The number of benzene rings is 2. The third kappa shape index (κ3) is 5.44. The van der Waals surface area contributed by atoms with Gasteiger partial charge in [-0.15, -0.1) is 0 Å². The second-order valence-corrected chi connectivity index (χ2v) is 6.21. The Morgan fingerprint density at radius 1 is 1.14 bits per heavy atom. The fourth-order valence-corrected chi connectivity index (χ4v) is 2.59. The van der Waals surface area contributed by atoms with Gasteiger partial charge >= 0.3 is 0 Å². The van der Waals surface area contributed by atoms with Gasteiger partial charge in [0.15, 0.2) is 5.76 Å². The molecule has 6 nitrogen and oxygen atoms in total. The van der Waals surface area contributed by atoms with Gasteiger partial charge in [0.2, 0.25) is 11.2 Å². The molecule has 7 heteroatoms. The Kier molecular flexibility index (Phi) is 6.63. The highest BCUT2D eigenvalue weighted by Gasteiger charge is 2.12. The molecule has 0 saturated heterocycles. The maximum Gasteiger partial charge on any atom is 0.287 e. The molecule has 0 radical (unpaired) electrons. The number of methoxy groups -OCH3 is 1. The molecule has 0 aliphatic rings. The molecule has 0 atom stereocenters. The first-order chi connectivity index (χ1) is 14.1. The number of rotatable bonds is 8. The smallest absolute Gasteiger partial charge is 0.287 e. The third-order valence-electron chi connectivity index (χ3n) is 4.22. The molecule has 1 amide bonds. The molecule has 3 rings (SSSR count). The fraction of sp³-hybridized carbons (Fsp3) is 0.182. The van der Waals surface area contributed by atoms with Crippen LogP contribution in [0.2, 0.25) is 0 Å². The molecule has 0 spiro atoms. The van der Waals surface area contributed by atoms with E-state index in [0.717, 1.165) is 23.6 Å². The molecule has 2 aromatic carbocycles. The molecular weight excluding hydrogens is 377 g/mol. The van der Waals surface area contributed by atoms with E-state index in [1.165, 1.54) is 6.07 Å². The normalized spacial score (nSPS) is 10.4. The van der Waals surface area contributed by atoms with Crippen molar-refractivity contribution in [2.75, 3.05) is 13.7 Å². The number of halogens is 1. The van der Waals surface area contributed by atoms with E-state index in [1.807, 2.05) is 24.3 Å². The molecule has 0 fully saturated rings. The predicted molar refractivity (Wildman–Crippen MR) is 105 cm³/mol. The molecule has 1 N–H and O–H groups in total. The van der Waals surface area contributed by atoms with Crippen LogP contribution < -0.4 is 20.2 Å². The molecule has 1 heterocycles. The van der Waals surface area contributed by atoms with Crippen LogP contribution in [0.4, 0.5) is 4.39 Å². The number of amides is 1. The number of nitrogens with one attached hydrogen (secondary N) is 1. The van der Waals surface area contributed by atoms with Crippen LogP contribution in [-0.4, -0.2) is 19.6 Å². The summed E-state index contributed by atoms with van der Waals surface area (Å²) in [6.45, 7) is 0.255. The molecule has 0 aliphatic heterocycles. The Morgan fingerprint density at radius 3 is 2.59 bits per heavy atom. The highest BCUT2D eigenvalue weighted by atomic mass is 19.1. The SMILES string of the molecule is COc1ccc(CCNC(=O)c2cc(=O)c(OCc3ccccc3F)co2)cc1. The Labute approximate surface area is 166 Å². The first kappa shape index (κ1) is 20.1. The van der Waals surface area contributed by atoms with E-state index in [-0.39, 0.29) is 18.1 Å². The van der Waals surface area contributed by atoms with Crippen LogP contribution in [0.25, 0.3) is 0 Å². The van der Waals surface area contributed by atoms with Crippen molar-refractivity contribution in [3.8, 4) is 11.5 Å². The number of hydrogen-bond donors (Lipinski definition) is 1. The average Bonchev–Trinajstić information content (AvgIpc) is 2.74. The quantitative estimate of drug-likeness (QED) is 0.631. The minimum absolute atomic E-state index is 0.0944. The zero-order chi connectivity index (χ0) is 20.6. The van der Waals surface area contributed by atoms with Crippen molar-refractivity contribution in [3.63, 3.8) is 0 Å². The Balaban J connectivity index is 1.53. The summed E-state index contributed by atoms with van der Waals surface area (Å²) in [4.78, 5) is 24.3. The summed E-state index contributed by atoms with van der Waals surface area (Å²) in [5, 5.41) is 2.69. The molecule has 0 saturated carbocycles. The lowest BCUT2D eigenvalue weighted by atomic mass is 10.1. The zero-order valence-electron chi connectivity index (χ0n) is 15.8. The van der Waals surface area contributed by atoms with Crippen molar-refractivity contribution in [2.24, 2.45) is 0 Å². The number of hydrogen-bond acceptors (Lipinski definition) is 5. The number of carbonyl (C=O) groups is 1. The second kappa shape index (κ2) is 9.54. The number of ether oxygens (including phenoxy) is 2. The molecule has 0 bridgehead atoms. The molecule has 1 aromatic heterocycles. The summed E-state index contributed by atoms with van der Waals surface area (Å²) in [5.41, 5.74) is 0.824. The predicted octanol–water partition coefficient (Wildman–Crippen LogP) is 3.34. The Morgan fingerprint density at radius 2 is 1.90 bits per heavy atom.